The summed E-state index contributed by atoms with van der Waals surface area (Å²) in [5.41, 5.74) is 0. The summed E-state index contributed by atoms with van der Waals surface area (Å²) in [6, 6.07) is 0. The van der Waals surface area contributed by atoms with Gasteiger partial charge in [0.15, 0.2) is 0 Å². The van der Waals surface area contributed by atoms with E-state index in [9.17, 15) is 0 Å². The zero-order valence-electron chi connectivity index (χ0n) is 6.14. The lowest BCUT2D eigenvalue weighted by Crippen LogP contribution is -1.99. The second-order valence-electron chi connectivity index (χ2n) is 2.91. The molecule has 0 saturated carbocycles. The molecule has 52 valence electrons. The van der Waals surface area contributed by atoms with Crippen LogP contribution in [0.1, 0.15) is 32.6 Å². The van der Waals surface area contributed by atoms with Crippen molar-refractivity contribution in [3.8, 4) is 0 Å². The van der Waals surface area contributed by atoms with Gasteiger partial charge in [-0.25, -0.2) is 0 Å². The van der Waals surface area contributed by atoms with Crippen molar-refractivity contribution in [2.45, 2.75) is 32.6 Å². The second kappa shape index (κ2) is 3.65. The molecule has 0 spiro atoms. The second-order valence-corrected chi connectivity index (χ2v) is 2.91. The number of aliphatic imine (C=N–C) groups is 1. The minimum atomic E-state index is 0.928. The molecule has 0 amide bonds. The summed E-state index contributed by atoms with van der Waals surface area (Å²) >= 11 is 0. The Bertz CT molecular complexity index is 96.7. The van der Waals surface area contributed by atoms with Crippen molar-refractivity contribution in [2.75, 3.05) is 6.54 Å². The van der Waals surface area contributed by atoms with E-state index in [0.717, 1.165) is 12.5 Å². The summed E-state index contributed by atoms with van der Waals surface area (Å²) in [6.07, 6.45) is 7.27. The van der Waals surface area contributed by atoms with Crippen LogP contribution in [0.3, 0.4) is 0 Å². The molecule has 0 aromatic heterocycles. The molecule has 0 saturated heterocycles. The molecular weight excluding hydrogens is 110 g/mol. The average Bonchev–Trinajstić information content (AvgIpc) is 1.79. The van der Waals surface area contributed by atoms with Crippen molar-refractivity contribution in [1.29, 1.82) is 0 Å². The Balaban J connectivity index is 2.27. The van der Waals surface area contributed by atoms with E-state index in [4.69, 9.17) is 0 Å². The standard InChI is InChI=1S/C8H15N/c1-8-4-2-6-9-7-3-5-8/h6,8H,2-5,7H2,1H3/t8-/m1/s1. The van der Waals surface area contributed by atoms with E-state index in [0.29, 0.717) is 0 Å². The summed E-state index contributed by atoms with van der Waals surface area (Å²) in [5, 5.41) is 0. The van der Waals surface area contributed by atoms with Crippen LogP contribution in [0.15, 0.2) is 4.99 Å². The minimum Gasteiger partial charge on any atom is -0.298 e. The predicted molar refractivity (Wildman–Crippen MR) is 41.0 cm³/mol. The maximum absolute atomic E-state index is 4.24. The molecule has 1 nitrogen and oxygen atoms in total. The van der Waals surface area contributed by atoms with Gasteiger partial charge in [0.25, 0.3) is 0 Å². The van der Waals surface area contributed by atoms with Crippen LogP contribution < -0.4 is 0 Å². The monoisotopic (exact) mass is 125 g/mol. The first kappa shape index (κ1) is 6.79. The lowest BCUT2D eigenvalue weighted by molar-refractivity contribution is 0.482. The summed E-state index contributed by atoms with van der Waals surface area (Å²) in [6.45, 7) is 3.39. The fourth-order valence-electron chi connectivity index (χ4n) is 1.22. The van der Waals surface area contributed by atoms with Gasteiger partial charge in [0.1, 0.15) is 0 Å². The molecule has 0 N–H and O–H groups in total. The highest BCUT2D eigenvalue weighted by Gasteiger charge is 2.01. The minimum absolute atomic E-state index is 0.928. The molecule has 0 fully saturated rings. The normalized spacial score (nSPS) is 29.2. The number of rotatable bonds is 0. The maximum atomic E-state index is 4.24. The van der Waals surface area contributed by atoms with Crippen LogP contribution >= 0.6 is 0 Å². The smallest absolute Gasteiger partial charge is 0.0385 e. The summed E-state index contributed by atoms with van der Waals surface area (Å²) in [5.74, 6) is 0.928. The maximum Gasteiger partial charge on any atom is 0.0385 e. The van der Waals surface area contributed by atoms with E-state index in [2.05, 4.69) is 18.1 Å². The summed E-state index contributed by atoms with van der Waals surface area (Å²) in [4.78, 5) is 4.24. The van der Waals surface area contributed by atoms with Crippen molar-refractivity contribution in [3.63, 3.8) is 0 Å². The van der Waals surface area contributed by atoms with Gasteiger partial charge in [-0.3, -0.25) is 4.99 Å². The predicted octanol–water partition coefficient (Wildman–Crippen LogP) is 2.27. The molecule has 1 aliphatic heterocycles. The number of hydrogen-bond donors (Lipinski definition) is 0. The zero-order valence-corrected chi connectivity index (χ0v) is 6.14. The molecule has 9 heavy (non-hydrogen) atoms. The largest absolute Gasteiger partial charge is 0.298 e. The molecule has 0 bridgehead atoms. The van der Waals surface area contributed by atoms with Crippen molar-refractivity contribution in [1.82, 2.24) is 0 Å². The molecule has 1 rings (SSSR count). The van der Waals surface area contributed by atoms with E-state index < -0.39 is 0 Å². The average molecular weight is 125 g/mol. The number of hydrogen-bond acceptors (Lipinski definition) is 1. The lowest BCUT2D eigenvalue weighted by Gasteiger charge is -2.10. The SMILES string of the molecule is C[C@@H]1CCC=NCCC1. The highest BCUT2D eigenvalue weighted by atomic mass is 14.7. The summed E-state index contributed by atoms with van der Waals surface area (Å²) in [7, 11) is 0. The molecule has 1 atom stereocenters. The fraction of sp³-hybridized carbons (Fsp3) is 0.875. The molecule has 0 aromatic carbocycles. The van der Waals surface area contributed by atoms with Crippen LogP contribution in [0.25, 0.3) is 0 Å². The molecule has 0 unspecified atom stereocenters. The Kier molecular flexibility index (Phi) is 2.75. The van der Waals surface area contributed by atoms with Gasteiger partial charge in [-0.15, -0.1) is 0 Å². The van der Waals surface area contributed by atoms with Gasteiger partial charge < -0.3 is 0 Å². The Labute approximate surface area is 57.2 Å². The molecule has 0 aliphatic carbocycles. The van der Waals surface area contributed by atoms with Crippen LogP contribution in [0.5, 0.6) is 0 Å². The van der Waals surface area contributed by atoms with Gasteiger partial charge in [-0.1, -0.05) is 6.92 Å². The van der Waals surface area contributed by atoms with Crippen LogP contribution in [0.2, 0.25) is 0 Å². The van der Waals surface area contributed by atoms with Gasteiger partial charge in [-0.05, 0) is 37.8 Å². The topological polar surface area (TPSA) is 12.4 Å². The van der Waals surface area contributed by atoms with Gasteiger partial charge in [-0.2, -0.15) is 0 Å². The molecular formula is C8H15N. The lowest BCUT2D eigenvalue weighted by atomic mass is 9.99. The Morgan fingerprint density at radius 3 is 3.22 bits per heavy atom. The van der Waals surface area contributed by atoms with Gasteiger partial charge in [0, 0.05) is 6.54 Å². The van der Waals surface area contributed by atoms with E-state index in [-0.39, 0.29) is 0 Å². The van der Waals surface area contributed by atoms with Gasteiger partial charge in [0.2, 0.25) is 0 Å². The first-order chi connectivity index (χ1) is 4.39. The highest BCUT2D eigenvalue weighted by molar-refractivity contribution is 5.57. The van der Waals surface area contributed by atoms with Crippen molar-refractivity contribution in [2.24, 2.45) is 10.9 Å². The molecule has 0 radical (unpaired) electrons. The third-order valence-corrected chi connectivity index (χ3v) is 1.90. The van der Waals surface area contributed by atoms with Crippen molar-refractivity contribution in [3.05, 3.63) is 0 Å². The van der Waals surface area contributed by atoms with E-state index in [1.807, 2.05) is 0 Å². The highest BCUT2D eigenvalue weighted by Crippen LogP contribution is 2.13. The zero-order chi connectivity index (χ0) is 6.53. The summed E-state index contributed by atoms with van der Waals surface area (Å²) < 4.78 is 0. The number of nitrogens with zero attached hydrogens (tertiary/aromatic N) is 1. The fourth-order valence-corrected chi connectivity index (χ4v) is 1.22. The first-order valence-corrected chi connectivity index (χ1v) is 3.88. The Morgan fingerprint density at radius 2 is 2.33 bits per heavy atom. The van der Waals surface area contributed by atoms with Crippen molar-refractivity contribution >= 4 is 6.21 Å². The van der Waals surface area contributed by atoms with E-state index >= 15 is 0 Å². The van der Waals surface area contributed by atoms with Gasteiger partial charge in [0.05, 0.1) is 0 Å². The van der Waals surface area contributed by atoms with Crippen molar-refractivity contribution < 1.29 is 0 Å². The van der Waals surface area contributed by atoms with E-state index in [1.165, 1.54) is 25.7 Å². The van der Waals surface area contributed by atoms with Crippen LogP contribution in [-0.4, -0.2) is 12.8 Å². The third kappa shape index (κ3) is 2.64. The molecule has 1 heteroatoms. The third-order valence-electron chi connectivity index (χ3n) is 1.90. The van der Waals surface area contributed by atoms with Crippen LogP contribution in [-0.2, 0) is 0 Å². The molecule has 1 aliphatic rings. The van der Waals surface area contributed by atoms with Gasteiger partial charge >= 0.3 is 0 Å². The Morgan fingerprint density at radius 1 is 1.44 bits per heavy atom. The van der Waals surface area contributed by atoms with E-state index in [1.54, 1.807) is 0 Å². The van der Waals surface area contributed by atoms with Crippen LogP contribution in [0.4, 0.5) is 0 Å². The molecule has 0 aromatic rings. The first-order valence-electron chi connectivity index (χ1n) is 3.88. The molecule has 1 heterocycles. The van der Waals surface area contributed by atoms with Crippen LogP contribution in [0, 0.1) is 5.92 Å². The Hall–Kier alpha value is -0.330. The quantitative estimate of drug-likeness (QED) is 0.471.